The van der Waals surface area contributed by atoms with E-state index in [0.29, 0.717) is 13.2 Å². The van der Waals surface area contributed by atoms with E-state index in [-0.39, 0.29) is 44.4 Å². The highest BCUT2D eigenvalue weighted by Gasteiger charge is 2.30. The molecule has 0 atom stereocenters. The Balaban J connectivity index is 2.41. The number of hydrogen-bond donors (Lipinski definition) is 2. The van der Waals surface area contributed by atoms with Crippen LogP contribution in [0.5, 0.6) is 11.5 Å². The summed E-state index contributed by atoms with van der Waals surface area (Å²) in [4.78, 5) is -0.117. The Morgan fingerprint density at radius 1 is 0.646 bits per heavy atom. The molecule has 0 amide bonds. The molecule has 0 aliphatic rings. The van der Waals surface area contributed by atoms with Crippen molar-refractivity contribution < 1.29 is 26.3 Å². The Bertz CT molecular complexity index is 1460. The molecule has 0 saturated heterocycles. The topological polar surface area (TPSA) is 111 Å². The van der Waals surface area contributed by atoms with E-state index in [1.165, 1.54) is 56.7 Å². The van der Waals surface area contributed by atoms with Crippen molar-refractivity contribution in [1.29, 1.82) is 0 Å². The highest BCUT2D eigenvalue weighted by Crippen LogP contribution is 2.39. The van der Waals surface area contributed by atoms with Gasteiger partial charge in [0.05, 0.1) is 18.9 Å². The van der Waals surface area contributed by atoms with Crippen LogP contribution in [0.4, 0.5) is 5.69 Å². The van der Waals surface area contributed by atoms with Gasteiger partial charge >= 0.3 is 0 Å². The molecule has 2 aromatic rings. The Morgan fingerprint density at radius 3 is 1.62 bits per heavy atom. The second kappa shape index (κ2) is 19.8. The maximum Gasteiger partial charge on any atom is 0.265 e. The van der Waals surface area contributed by atoms with Gasteiger partial charge in [-0.25, -0.2) is 21.6 Å². The summed E-state index contributed by atoms with van der Waals surface area (Å²) in [6, 6.07) is 9.74. The molecule has 0 aliphatic heterocycles. The summed E-state index contributed by atoms with van der Waals surface area (Å²) in [6.07, 6.45) is 13.8. The molecule has 0 bridgehead atoms. The molecule has 0 saturated carbocycles. The summed E-state index contributed by atoms with van der Waals surface area (Å²) < 4.78 is 71.6. The molecule has 2 N–H and O–H groups in total. The van der Waals surface area contributed by atoms with Crippen LogP contribution in [0.1, 0.15) is 138 Å². The highest BCUT2D eigenvalue weighted by molar-refractivity contribution is 7.92. The Morgan fingerprint density at radius 2 is 1.12 bits per heavy atom. The fraction of sp³-hybridized carbons (Fsp3) is 0.658. The molecular formula is C38H63N2O6S2. The van der Waals surface area contributed by atoms with Gasteiger partial charge in [0.15, 0.2) is 0 Å². The molecule has 0 heterocycles. The van der Waals surface area contributed by atoms with Crippen molar-refractivity contribution in [3.05, 3.63) is 48.9 Å². The van der Waals surface area contributed by atoms with E-state index in [0.717, 1.165) is 50.5 Å². The van der Waals surface area contributed by atoms with Gasteiger partial charge in [0.25, 0.3) is 10.0 Å². The molecule has 273 valence electrons. The van der Waals surface area contributed by atoms with E-state index in [1.54, 1.807) is 12.1 Å². The summed E-state index contributed by atoms with van der Waals surface area (Å²) in [5, 5.41) is 0. The number of rotatable bonds is 24. The average Bonchev–Trinajstić information content (AvgIpc) is 2.99. The first-order chi connectivity index (χ1) is 22.6. The standard InChI is InChI=1S/C38H63N2O6S2/c1-9-12-14-16-18-20-26-45-33-24-22-31(38(7,8)30-37(4,5)6)28-35(33)48(43,44)40-32-23-25-34(36(29-32)47(41,42)39-11-3)46-27-21-19-17-15-13-10-2/h22-25,28-29,39-40H,3,9-21,26-27,30H2,1-2,4-8H3. The summed E-state index contributed by atoms with van der Waals surface area (Å²) in [7, 11) is -8.20. The van der Waals surface area contributed by atoms with Gasteiger partial charge in [0.2, 0.25) is 10.0 Å². The third-order valence-electron chi connectivity index (χ3n) is 8.28. The third-order valence-corrected chi connectivity index (χ3v) is 11.2. The van der Waals surface area contributed by atoms with Gasteiger partial charge in [-0.3, -0.25) is 4.72 Å². The minimum atomic E-state index is -4.19. The van der Waals surface area contributed by atoms with Gasteiger partial charge in [-0.05, 0) is 72.9 Å². The van der Waals surface area contributed by atoms with Crippen LogP contribution in [-0.2, 0) is 25.5 Å². The first-order valence-corrected chi connectivity index (χ1v) is 20.9. The Labute approximate surface area is 293 Å². The number of unbranched alkanes of at least 4 members (excludes halogenated alkanes) is 10. The second-order valence-electron chi connectivity index (χ2n) is 14.7. The van der Waals surface area contributed by atoms with Crippen molar-refractivity contribution >= 4 is 25.7 Å². The normalized spacial score (nSPS) is 12.7. The molecule has 8 nitrogen and oxygen atoms in total. The van der Waals surface area contributed by atoms with Crippen LogP contribution in [0.3, 0.4) is 0 Å². The maximum absolute atomic E-state index is 14.1. The number of sulfonamides is 2. The minimum absolute atomic E-state index is 0.0243. The largest absolute Gasteiger partial charge is 0.492 e. The van der Waals surface area contributed by atoms with E-state index in [9.17, 15) is 16.8 Å². The van der Waals surface area contributed by atoms with E-state index in [4.69, 9.17) is 9.47 Å². The first kappa shape index (κ1) is 41.9. The molecule has 2 rings (SSSR count). The van der Waals surface area contributed by atoms with Crippen LogP contribution in [0, 0.1) is 12.3 Å². The Kier molecular flexibility index (Phi) is 17.3. The Hall–Kier alpha value is -2.30. The van der Waals surface area contributed by atoms with Gasteiger partial charge in [-0.15, -0.1) is 0 Å². The van der Waals surface area contributed by atoms with E-state index < -0.39 is 20.0 Å². The van der Waals surface area contributed by atoms with Gasteiger partial charge in [0, 0.05) is 6.54 Å². The predicted octanol–water partition coefficient (Wildman–Crippen LogP) is 9.79. The number of ether oxygens (including phenoxy) is 2. The van der Waals surface area contributed by atoms with Crippen LogP contribution in [0.25, 0.3) is 0 Å². The van der Waals surface area contributed by atoms with Crippen LogP contribution < -0.4 is 18.9 Å². The summed E-state index contributed by atoms with van der Waals surface area (Å²) >= 11 is 0. The van der Waals surface area contributed by atoms with E-state index in [2.05, 4.69) is 64.8 Å². The molecular weight excluding hydrogens is 645 g/mol. The molecule has 10 heteroatoms. The number of anilines is 1. The number of nitrogens with one attached hydrogen (secondary N) is 2. The molecule has 0 spiro atoms. The molecule has 0 unspecified atom stereocenters. The third kappa shape index (κ3) is 14.3. The fourth-order valence-corrected chi connectivity index (χ4v) is 8.46. The lowest BCUT2D eigenvalue weighted by Crippen LogP contribution is -2.26. The van der Waals surface area contributed by atoms with Crippen LogP contribution in [0.15, 0.2) is 46.2 Å². The lowest BCUT2D eigenvalue weighted by atomic mass is 9.72. The molecule has 48 heavy (non-hydrogen) atoms. The van der Waals surface area contributed by atoms with E-state index >= 15 is 0 Å². The summed E-state index contributed by atoms with van der Waals surface area (Å²) in [5.74, 6) is 0.443. The zero-order valence-corrected chi connectivity index (χ0v) is 32.4. The SMILES string of the molecule is [CH2]CNS(=O)(=O)c1cc(NS(=O)(=O)c2cc(C(C)(C)CC(C)(C)C)ccc2OCCCCCCCC)ccc1OCCCCCCCC. The van der Waals surface area contributed by atoms with Crippen molar-refractivity contribution in [2.75, 3.05) is 24.5 Å². The molecule has 1 radical (unpaired) electrons. The van der Waals surface area contributed by atoms with Crippen LogP contribution in [-0.4, -0.2) is 36.6 Å². The fourth-order valence-electron chi connectivity index (χ4n) is 6.14. The smallest absolute Gasteiger partial charge is 0.265 e. The van der Waals surface area contributed by atoms with Crippen molar-refractivity contribution in [3.8, 4) is 11.5 Å². The van der Waals surface area contributed by atoms with Gasteiger partial charge in [0.1, 0.15) is 21.3 Å². The summed E-state index contributed by atoms with van der Waals surface area (Å²) in [5.41, 5.74) is 0.700. The quantitative estimate of drug-likeness (QED) is 0.105. The monoisotopic (exact) mass is 707 g/mol. The maximum atomic E-state index is 14.1. The lowest BCUT2D eigenvalue weighted by molar-refractivity contribution is 0.281. The zero-order valence-electron chi connectivity index (χ0n) is 30.8. The molecule has 0 aromatic heterocycles. The van der Waals surface area contributed by atoms with Crippen molar-refractivity contribution in [2.24, 2.45) is 5.41 Å². The lowest BCUT2D eigenvalue weighted by Gasteiger charge is -2.33. The van der Waals surface area contributed by atoms with Gasteiger partial charge in [-0.1, -0.05) is 119 Å². The molecule has 0 aliphatic carbocycles. The molecule has 0 fully saturated rings. The van der Waals surface area contributed by atoms with Gasteiger partial charge < -0.3 is 9.47 Å². The van der Waals surface area contributed by atoms with Crippen LogP contribution >= 0.6 is 0 Å². The molecule has 2 aromatic carbocycles. The van der Waals surface area contributed by atoms with Crippen LogP contribution in [0.2, 0.25) is 0 Å². The number of hydrogen-bond acceptors (Lipinski definition) is 6. The minimum Gasteiger partial charge on any atom is -0.492 e. The summed E-state index contributed by atoms with van der Waals surface area (Å²) in [6.45, 7) is 19.4. The van der Waals surface area contributed by atoms with Crippen molar-refractivity contribution in [1.82, 2.24) is 4.72 Å². The number of benzene rings is 2. The van der Waals surface area contributed by atoms with Crippen molar-refractivity contribution in [3.63, 3.8) is 0 Å². The first-order valence-electron chi connectivity index (χ1n) is 17.9. The van der Waals surface area contributed by atoms with Crippen molar-refractivity contribution in [2.45, 2.75) is 147 Å². The highest BCUT2D eigenvalue weighted by atomic mass is 32.2. The zero-order chi connectivity index (χ0) is 35.8. The van der Waals surface area contributed by atoms with E-state index in [1.807, 2.05) is 6.07 Å². The van der Waals surface area contributed by atoms with Gasteiger partial charge in [-0.2, -0.15) is 0 Å². The predicted molar refractivity (Wildman–Crippen MR) is 199 cm³/mol. The second-order valence-corrected chi connectivity index (χ2v) is 18.1. The average molecular weight is 708 g/mol.